The normalized spacial score (nSPS) is 10.9. The lowest BCUT2D eigenvalue weighted by Crippen LogP contribution is -2.08. The maximum atomic E-state index is 5.45. The fraction of sp³-hybridized carbons (Fsp3) is 0.417. The zero-order chi connectivity index (χ0) is 11.5. The number of aromatic nitrogens is 2. The van der Waals surface area contributed by atoms with Crippen LogP contribution in [0.15, 0.2) is 18.2 Å². The molecule has 0 aliphatic carbocycles. The third-order valence-corrected chi connectivity index (χ3v) is 2.81. The van der Waals surface area contributed by atoms with E-state index in [2.05, 4.69) is 33.1 Å². The summed E-state index contributed by atoms with van der Waals surface area (Å²) >= 11 is 0. The van der Waals surface area contributed by atoms with Crippen LogP contribution in [0.2, 0.25) is 0 Å². The highest BCUT2D eigenvalue weighted by Gasteiger charge is 2.04. The number of benzene rings is 1. The number of aryl methyl sites for hydroxylation is 2. The summed E-state index contributed by atoms with van der Waals surface area (Å²) in [5.41, 5.74) is 8.77. The van der Waals surface area contributed by atoms with Crippen molar-refractivity contribution < 1.29 is 0 Å². The van der Waals surface area contributed by atoms with Gasteiger partial charge in [-0.1, -0.05) is 0 Å². The van der Waals surface area contributed by atoms with Crippen LogP contribution in [-0.2, 0) is 7.05 Å². The van der Waals surface area contributed by atoms with Crippen molar-refractivity contribution in [3.63, 3.8) is 0 Å². The molecule has 0 aliphatic heterocycles. The van der Waals surface area contributed by atoms with E-state index in [9.17, 15) is 0 Å². The summed E-state index contributed by atoms with van der Waals surface area (Å²) in [5, 5.41) is 3.34. The highest BCUT2D eigenvalue weighted by atomic mass is 15.0. The molecule has 4 nitrogen and oxygen atoms in total. The van der Waals surface area contributed by atoms with Crippen molar-refractivity contribution >= 4 is 16.7 Å². The Balaban J connectivity index is 2.23. The van der Waals surface area contributed by atoms with Gasteiger partial charge >= 0.3 is 0 Å². The van der Waals surface area contributed by atoms with Gasteiger partial charge in [0.05, 0.1) is 11.0 Å². The van der Waals surface area contributed by atoms with Gasteiger partial charge in [-0.3, -0.25) is 0 Å². The lowest BCUT2D eigenvalue weighted by molar-refractivity contribution is 0.874. The molecule has 4 heteroatoms. The summed E-state index contributed by atoms with van der Waals surface area (Å²) in [5.74, 6) is 1.04. The minimum absolute atomic E-state index is 0.720. The number of hydrogen-bond donors (Lipinski definition) is 2. The van der Waals surface area contributed by atoms with Gasteiger partial charge in [-0.05, 0) is 38.1 Å². The van der Waals surface area contributed by atoms with Gasteiger partial charge in [0.25, 0.3) is 0 Å². The van der Waals surface area contributed by atoms with Crippen molar-refractivity contribution in [2.75, 3.05) is 18.4 Å². The first-order chi connectivity index (χ1) is 7.72. The summed E-state index contributed by atoms with van der Waals surface area (Å²) in [7, 11) is 2.03. The number of hydrogen-bond acceptors (Lipinski definition) is 3. The van der Waals surface area contributed by atoms with E-state index < -0.39 is 0 Å². The van der Waals surface area contributed by atoms with E-state index in [1.165, 1.54) is 5.52 Å². The maximum Gasteiger partial charge on any atom is 0.106 e. The Hall–Kier alpha value is -1.55. The summed E-state index contributed by atoms with van der Waals surface area (Å²) in [6.07, 6.45) is 0.985. The van der Waals surface area contributed by atoms with Gasteiger partial charge in [0.15, 0.2) is 0 Å². The molecule has 0 spiro atoms. The van der Waals surface area contributed by atoms with Crippen LogP contribution in [0.4, 0.5) is 5.69 Å². The zero-order valence-corrected chi connectivity index (χ0v) is 9.83. The van der Waals surface area contributed by atoms with Crippen molar-refractivity contribution in [3.05, 3.63) is 24.0 Å². The van der Waals surface area contributed by atoms with Gasteiger partial charge in [0.2, 0.25) is 0 Å². The molecule has 0 bridgehead atoms. The van der Waals surface area contributed by atoms with Crippen molar-refractivity contribution in [3.8, 4) is 0 Å². The van der Waals surface area contributed by atoms with Gasteiger partial charge in [0, 0.05) is 19.3 Å². The molecule has 0 aliphatic rings. The molecule has 3 N–H and O–H groups in total. The van der Waals surface area contributed by atoms with Crippen LogP contribution in [-0.4, -0.2) is 22.6 Å². The van der Waals surface area contributed by atoms with Crippen LogP contribution in [0.25, 0.3) is 11.0 Å². The molecule has 2 rings (SSSR count). The Morgan fingerprint density at radius 2 is 2.25 bits per heavy atom. The van der Waals surface area contributed by atoms with E-state index in [1.807, 2.05) is 14.0 Å². The van der Waals surface area contributed by atoms with Crippen molar-refractivity contribution in [1.29, 1.82) is 0 Å². The van der Waals surface area contributed by atoms with Crippen LogP contribution >= 0.6 is 0 Å². The van der Waals surface area contributed by atoms with E-state index in [0.717, 1.165) is 36.5 Å². The van der Waals surface area contributed by atoms with Gasteiger partial charge in [-0.15, -0.1) is 0 Å². The zero-order valence-electron chi connectivity index (χ0n) is 9.83. The molecule has 0 unspecified atom stereocenters. The number of imidazole rings is 1. The Bertz CT molecular complexity index is 487. The third kappa shape index (κ3) is 2.02. The fourth-order valence-electron chi connectivity index (χ4n) is 1.77. The third-order valence-electron chi connectivity index (χ3n) is 2.81. The highest BCUT2D eigenvalue weighted by Crippen LogP contribution is 2.19. The predicted molar refractivity (Wildman–Crippen MR) is 67.6 cm³/mol. The van der Waals surface area contributed by atoms with Crippen LogP contribution in [0.1, 0.15) is 12.2 Å². The molecule has 0 amide bonds. The smallest absolute Gasteiger partial charge is 0.106 e. The minimum Gasteiger partial charge on any atom is -0.385 e. The van der Waals surface area contributed by atoms with Gasteiger partial charge < -0.3 is 15.6 Å². The molecule has 0 fully saturated rings. The Morgan fingerprint density at radius 1 is 1.44 bits per heavy atom. The molecular weight excluding hydrogens is 200 g/mol. The van der Waals surface area contributed by atoms with Crippen molar-refractivity contribution in [2.24, 2.45) is 12.8 Å². The van der Waals surface area contributed by atoms with Crippen LogP contribution in [0, 0.1) is 6.92 Å². The second kappa shape index (κ2) is 4.53. The molecule has 0 radical (unpaired) electrons. The van der Waals surface area contributed by atoms with Gasteiger partial charge in [0.1, 0.15) is 5.82 Å². The second-order valence-electron chi connectivity index (χ2n) is 3.99. The van der Waals surface area contributed by atoms with E-state index in [-0.39, 0.29) is 0 Å². The van der Waals surface area contributed by atoms with E-state index in [1.54, 1.807) is 0 Å². The van der Waals surface area contributed by atoms with E-state index >= 15 is 0 Å². The van der Waals surface area contributed by atoms with Crippen LogP contribution < -0.4 is 11.1 Å². The number of nitrogens with one attached hydrogen (secondary N) is 1. The van der Waals surface area contributed by atoms with Crippen LogP contribution in [0.5, 0.6) is 0 Å². The summed E-state index contributed by atoms with van der Waals surface area (Å²) < 4.78 is 2.10. The summed E-state index contributed by atoms with van der Waals surface area (Å²) in [4.78, 5) is 4.50. The Labute approximate surface area is 95.5 Å². The van der Waals surface area contributed by atoms with E-state index in [0.29, 0.717) is 0 Å². The number of rotatable bonds is 4. The second-order valence-corrected chi connectivity index (χ2v) is 3.99. The molecule has 0 saturated heterocycles. The minimum atomic E-state index is 0.720. The first-order valence-electron chi connectivity index (χ1n) is 5.59. The van der Waals surface area contributed by atoms with Gasteiger partial charge in [-0.25, -0.2) is 4.98 Å². The Kier molecular flexibility index (Phi) is 3.10. The molecule has 0 atom stereocenters. The molecular formula is C12H18N4. The van der Waals surface area contributed by atoms with Crippen molar-refractivity contribution in [1.82, 2.24) is 9.55 Å². The number of fused-ring (bicyclic) bond motifs is 1. The first kappa shape index (κ1) is 11.0. The number of nitrogens with zero attached hydrogens (tertiary/aromatic N) is 2. The van der Waals surface area contributed by atoms with Gasteiger partial charge in [-0.2, -0.15) is 0 Å². The molecule has 16 heavy (non-hydrogen) atoms. The molecule has 2 aromatic rings. The predicted octanol–water partition coefficient (Wildman–Crippen LogP) is 1.64. The average molecular weight is 218 g/mol. The lowest BCUT2D eigenvalue weighted by atomic mass is 10.2. The Morgan fingerprint density at radius 3 is 3.00 bits per heavy atom. The average Bonchev–Trinajstić information content (AvgIpc) is 2.55. The molecule has 1 heterocycles. The largest absolute Gasteiger partial charge is 0.385 e. The maximum absolute atomic E-state index is 5.45. The van der Waals surface area contributed by atoms with Crippen LogP contribution in [0.3, 0.4) is 0 Å². The van der Waals surface area contributed by atoms with E-state index in [4.69, 9.17) is 5.73 Å². The first-order valence-corrected chi connectivity index (χ1v) is 5.59. The molecule has 1 aromatic carbocycles. The topological polar surface area (TPSA) is 55.9 Å². The highest BCUT2D eigenvalue weighted by molar-refractivity contribution is 5.80. The van der Waals surface area contributed by atoms with Crippen molar-refractivity contribution in [2.45, 2.75) is 13.3 Å². The number of anilines is 1. The summed E-state index contributed by atoms with van der Waals surface area (Å²) in [6.45, 7) is 3.65. The standard InChI is InChI=1S/C12H18N4/c1-9-15-11-8-10(14-7-3-6-13)4-5-12(11)16(9)2/h4-5,8,14H,3,6-7,13H2,1-2H3. The fourth-order valence-corrected chi connectivity index (χ4v) is 1.77. The number of nitrogens with two attached hydrogens (primary N) is 1. The quantitative estimate of drug-likeness (QED) is 0.767. The molecule has 0 saturated carbocycles. The molecule has 1 aromatic heterocycles. The lowest BCUT2D eigenvalue weighted by Gasteiger charge is -2.05. The molecule has 86 valence electrons. The summed E-state index contributed by atoms with van der Waals surface area (Å²) in [6, 6.07) is 6.26. The SMILES string of the molecule is Cc1nc2cc(NCCCN)ccc2n1C. The monoisotopic (exact) mass is 218 g/mol.